The highest BCUT2D eigenvalue weighted by atomic mass is 14.2. The van der Waals surface area contributed by atoms with Crippen molar-refractivity contribution in [1.82, 2.24) is 0 Å². The smallest absolute Gasteiger partial charge is 0.00445 e. The molecule has 1 atom stereocenters. The summed E-state index contributed by atoms with van der Waals surface area (Å²) < 4.78 is 0. The van der Waals surface area contributed by atoms with Gasteiger partial charge >= 0.3 is 0 Å². The average Bonchev–Trinajstić information content (AvgIpc) is 2.21. The van der Waals surface area contributed by atoms with Gasteiger partial charge in [-0.1, -0.05) is 37.1 Å². The molecule has 0 amide bonds. The first-order valence-electron chi connectivity index (χ1n) is 4.98. The molecule has 1 saturated carbocycles. The minimum absolute atomic E-state index is 0.690. The fourth-order valence-electron chi connectivity index (χ4n) is 2.12. The van der Waals surface area contributed by atoms with E-state index in [-0.39, 0.29) is 0 Å². The van der Waals surface area contributed by atoms with Crippen molar-refractivity contribution in [3.8, 4) is 0 Å². The summed E-state index contributed by atoms with van der Waals surface area (Å²) in [6, 6.07) is 0. The number of hydrogen-bond donors (Lipinski definition) is 0. The molecule has 64 valence electrons. The SMILES string of the molecule is [CH]1C=CC(C2[CH]CCCC2)C=C1. The summed E-state index contributed by atoms with van der Waals surface area (Å²) in [7, 11) is 0. The molecule has 0 spiro atoms. The third kappa shape index (κ3) is 1.80. The van der Waals surface area contributed by atoms with Crippen LogP contribution in [-0.4, -0.2) is 0 Å². The van der Waals surface area contributed by atoms with Crippen LogP contribution in [0.25, 0.3) is 0 Å². The minimum atomic E-state index is 0.690. The molecule has 2 aliphatic rings. The second-order valence-corrected chi connectivity index (χ2v) is 3.72. The maximum absolute atomic E-state index is 2.51. The van der Waals surface area contributed by atoms with E-state index in [1.807, 2.05) is 0 Å². The standard InChI is InChI=1S/C12H16/c1-3-7-11(8-4-1)12-9-5-2-6-10-12/h1,3-4,7-9,11-12H,2,5-6,10H2. The Labute approximate surface area is 75.4 Å². The Morgan fingerprint density at radius 2 is 1.83 bits per heavy atom. The summed E-state index contributed by atoms with van der Waals surface area (Å²) >= 11 is 0. The van der Waals surface area contributed by atoms with Gasteiger partial charge in [-0.25, -0.2) is 0 Å². The summed E-state index contributed by atoms with van der Waals surface area (Å²) in [6.45, 7) is 0. The van der Waals surface area contributed by atoms with Gasteiger partial charge < -0.3 is 0 Å². The van der Waals surface area contributed by atoms with E-state index in [1.165, 1.54) is 25.7 Å². The van der Waals surface area contributed by atoms with Gasteiger partial charge in [0.1, 0.15) is 0 Å². The second-order valence-electron chi connectivity index (χ2n) is 3.72. The molecule has 0 nitrogen and oxygen atoms in total. The van der Waals surface area contributed by atoms with E-state index in [2.05, 4.69) is 37.1 Å². The highest BCUT2D eigenvalue weighted by molar-refractivity contribution is 5.20. The number of rotatable bonds is 1. The van der Waals surface area contributed by atoms with Crippen LogP contribution in [0.15, 0.2) is 24.3 Å². The topological polar surface area (TPSA) is 0 Å². The monoisotopic (exact) mass is 160 g/mol. The Kier molecular flexibility index (Phi) is 2.65. The molecule has 12 heavy (non-hydrogen) atoms. The molecule has 2 rings (SSSR count). The lowest BCUT2D eigenvalue weighted by Crippen LogP contribution is -2.15. The molecule has 2 radical (unpaired) electrons. The third-order valence-electron chi connectivity index (χ3n) is 2.84. The molecule has 0 aliphatic heterocycles. The van der Waals surface area contributed by atoms with E-state index in [1.54, 1.807) is 0 Å². The molecule has 1 fully saturated rings. The van der Waals surface area contributed by atoms with Crippen LogP contribution in [0.4, 0.5) is 0 Å². The lowest BCUT2D eigenvalue weighted by atomic mass is 9.78. The summed E-state index contributed by atoms with van der Waals surface area (Å²) in [5.74, 6) is 1.51. The maximum Gasteiger partial charge on any atom is 0.00445 e. The first kappa shape index (κ1) is 8.10. The predicted molar refractivity (Wildman–Crippen MR) is 52.3 cm³/mol. The minimum Gasteiger partial charge on any atom is -0.0807 e. The van der Waals surface area contributed by atoms with Crippen molar-refractivity contribution in [2.45, 2.75) is 25.7 Å². The van der Waals surface area contributed by atoms with Crippen LogP contribution < -0.4 is 0 Å². The highest BCUT2D eigenvalue weighted by Crippen LogP contribution is 2.31. The van der Waals surface area contributed by atoms with Crippen molar-refractivity contribution >= 4 is 0 Å². The summed E-state index contributed by atoms with van der Waals surface area (Å²) in [5.41, 5.74) is 0. The summed E-state index contributed by atoms with van der Waals surface area (Å²) in [4.78, 5) is 0. The Bertz CT molecular complexity index is 170. The van der Waals surface area contributed by atoms with E-state index in [4.69, 9.17) is 0 Å². The van der Waals surface area contributed by atoms with Gasteiger partial charge in [-0.15, -0.1) is 0 Å². The van der Waals surface area contributed by atoms with E-state index < -0.39 is 0 Å². The van der Waals surface area contributed by atoms with Gasteiger partial charge in [0.25, 0.3) is 0 Å². The van der Waals surface area contributed by atoms with Crippen LogP contribution in [0, 0.1) is 24.7 Å². The molecular weight excluding hydrogens is 144 g/mol. The molecule has 0 saturated heterocycles. The Balaban J connectivity index is 1.93. The molecule has 0 heterocycles. The Morgan fingerprint density at radius 3 is 2.50 bits per heavy atom. The highest BCUT2D eigenvalue weighted by Gasteiger charge is 2.20. The largest absolute Gasteiger partial charge is 0.0807 e. The van der Waals surface area contributed by atoms with Crippen LogP contribution in [0.2, 0.25) is 0 Å². The first-order valence-corrected chi connectivity index (χ1v) is 4.98. The normalized spacial score (nSPS) is 26.3. The van der Waals surface area contributed by atoms with Crippen molar-refractivity contribution in [3.05, 3.63) is 37.1 Å². The molecule has 0 heteroatoms. The molecular formula is C12H16. The number of allylic oxidation sites excluding steroid dienone is 4. The molecule has 0 N–H and O–H groups in total. The van der Waals surface area contributed by atoms with E-state index >= 15 is 0 Å². The molecule has 0 bridgehead atoms. The maximum atomic E-state index is 2.51. The van der Waals surface area contributed by atoms with Gasteiger partial charge in [0.05, 0.1) is 0 Å². The quantitative estimate of drug-likeness (QED) is 0.552. The van der Waals surface area contributed by atoms with Crippen molar-refractivity contribution < 1.29 is 0 Å². The third-order valence-corrected chi connectivity index (χ3v) is 2.84. The van der Waals surface area contributed by atoms with Crippen LogP contribution in [0.1, 0.15) is 25.7 Å². The van der Waals surface area contributed by atoms with Gasteiger partial charge in [0.15, 0.2) is 0 Å². The summed E-state index contributed by atoms with van der Waals surface area (Å²) in [6.07, 6.45) is 19.2. The average molecular weight is 160 g/mol. The van der Waals surface area contributed by atoms with Crippen LogP contribution in [-0.2, 0) is 0 Å². The van der Waals surface area contributed by atoms with E-state index in [0.717, 1.165) is 5.92 Å². The predicted octanol–water partition coefficient (Wildman–Crippen LogP) is 3.33. The van der Waals surface area contributed by atoms with Gasteiger partial charge in [-0.05, 0) is 31.1 Å². The van der Waals surface area contributed by atoms with E-state index in [9.17, 15) is 0 Å². The Hall–Kier alpha value is -0.520. The van der Waals surface area contributed by atoms with Gasteiger partial charge in [0.2, 0.25) is 0 Å². The van der Waals surface area contributed by atoms with Gasteiger partial charge in [-0.3, -0.25) is 0 Å². The van der Waals surface area contributed by atoms with Crippen LogP contribution in [0.3, 0.4) is 0 Å². The second kappa shape index (κ2) is 3.93. The summed E-state index contributed by atoms with van der Waals surface area (Å²) in [5, 5.41) is 0. The molecule has 1 unspecified atom stereocenters. The zero-order valence-electron chi connectivity index (χ0n) is 7.45. The molecule has 0 aromatic rings. The Morgan fingerprint density at radius 1 is 1.00 bits per heavy atom. The molecule has 0 aromatic heterocycles. The number of hydrogen-bond acceptors (Lipinski definition) is 0. The fraction of sp³-hybridized carbons (Fsp3) is 0.500. The molecule has 2 aliphatic carbocycles. The fourth-order valence-corrected chi connectivity index (χ4v) is 2.12. The van der Waals surface area contributed by atoms with Crippen molar-refractivity contribution in [3.63, 3.8) is 0 Å². The zero-order valence-corrected chi connectivity index (χ0v) is 7.45. The molecule has 0 aromatic carbocycles. The van der Waals surface area contributed by atoms with Gasteiger partial charge in [-0.2, -0.15) is 0 Å². The van der Waals surface area contributed by atoms with Crippen LogP contribution in [0.5, 0.6) is 0 Å². The zero-order chi connectivity index (χ0) is 8.23. The van der Waals surface area contributed by atoms with Gasteiger partial charge in [0, 0.05) is 6.42 Å². The lowest BCUT2D eigenvalue weighted by molar-refractivity contribution is 0.398. The first-order chi connectivity index (χ1) is 5.97. The van der Waals surface area contributed by atoms with Crippen molar-refractivity contribution in [1.29, 1.82) is 0 Å². The van der Waals surface area contributed by atoms with Crippen molar-refractivity contribution in [2.75, 3.05) is 0 Å². The van der Waals surface area contributed by atoms with E-state index in [0.29, 0.717) is 5.92 Å². The van der Waals surface area contributed by atoms with Crippen LogP contribution >= 0.6 is 0 Å². The van der Waals surface area contributed by atoms with Crippen molar-refractivity contribution in [2.24, 2.45) is 11.8 Å². The lowest BCUT2D eigenvalue weighted by Gasteiger charge is -2.26.